The van der Waals surface area contributed by atoms with Gasteiger partial charge in [0.2, 0.25) is 5.91 Å². The lowest BCUT2D eigenvalue weighted by Crippen LogP contribution is -2.44. The van der Waals surface area contributed by atoms with Crippen LogP contribution in [0, 0.1) is 5.92 Å². The van der Waals surface area contributed by atoms with Crippen LogP contribution in [0.25, 0.3) is 0 Å². The first-order valence-corrected chi connectivity index (χ1v) is 5.04. The second-order valence-electron chi connectivity index (χ2n) is 3.76. The van der Waals surface area contributed by atoms with Crippen LogP contribution in [0.1, 0.15) is 0 Å². The van der Waals surface area contributed by atoms with Crippen molar-refractivity contribution in [2.75, 3.05) is 26.4 Å². The quantitative estimate of drug-likeness (QED) is 0.722. The van der Waals surface area contributed by atoms with Gasteiger partial charge in [-0.3, -0.25) is 9.59 Å². The Morgan fingerprint density at radius 1 is 1.39 bits per heavy atom. The van der Waals surface area contributed by atoms with Crippen LogP contribution in [0.2, 0.25) is 0 Å². The molecular weight excluding hydrogens is 259 g/mol. The molecule has 6 nitrogen and oxygen atoms in total. The fourth-order valence-electron chi connectivity index (χ4n) is 1.45. The molecule has 0 spiro atoms. The lowest BCUT2D eigenvalue weighted by atomic mass is 10.0. The Labute approximate surface area is 100 Å². The third kappa shape index (κ3) is 4.88. The Bertz CT molecular complexity index is 320. The first-order chi connectivity index (χ1) is 8.29. The molecule has 1 saturated heterocycles. The molecule has 1 fully saturated rings. The number of rotatable bonds is 5. The van der Waals surface area contributed by atoms with Crippen molar-refractivity contribution in [3.8, 4) is 0 Å². The standard InChI is InChI=1S/C9H12F3NO5/c10-9(11,12)4-18-3-7(14)13-6-2-17-1-5(6)8(15)16/h5-6H,1-4H2,(H,13,14)(H,15,16). The summed E-state index contributed by atoms with van der Waals surface area (Å²) in [5.74, 6) is -2.83. The molecule has 0 saturated carbocycles. The van der Waals surface area contributed by atoms with Gasteiger partial charge in [0.1, 0.15) is 19.1 Å². The summed E-state index contributed by atoms with van der Waals surface area (Å²) in [6.45, 7) is -2.32. The maximum Gasteiger partial charge on any atom is 0.411 e. The van der Waals surface area contributed by atoms with Gasteiger partial charge in [-0.25, -0.2) is 0 Å². The van der Waals surface area contributed by atoms with Crippen LogP contribution in [0.4, 0.5) is 13.2 Å². The maximum absolute atomic E-state index is 11.7. The summed E-state index contributed by atoms with van der Waals surface area (Å²) >= 11 is 0. The number of carbonyl (C=O) groups is 2. The zero-order valence-corrected chi connectivity index (χ0v) is 9.20. The maximum atomic E-state index is 11.7. The molecule has 1 aliphatic rings. The summed E-state index contributed by atoms with van der Waals surface area (Å²) in [6.07, 6.45) is -4.50. The minimum absolute atomic E-state index is 0.0159. The molecule has 0 bridgehead atoms. The molecule has 2 unspecified atom stereocenters. The summed E-state index contributed by atoms with van der Waals surface area (Å²) in [5.41, 5.74) is 0. The highest BCUT2D eigenvalue weighted by molar-refractivity contribution is 5.79. The number of hydrogen-bond donors (Lipinski definition) is 2. The number of carboxylic acids is 1. The Kier molecular flexibility index (Phi) is 4.91. The molecular formula is C9H12F3NO5. The number of nitrogens with one attached hydrogen (secondary N) is 1. The number of aliphatic carboxylic acids is 1. The van der Waals surface area contributed by atoms with Crippen molar-refractivity contribution in [2.45, 2.75) is 12.2 Å². The van der Waals surface area contributed by atoms with E-state index in [2.05, 4.69) is 10.1 Å². The van der Waals surface area contributed by atoms with Gasteiger partial charge >= 0.3 is 12.1 Å². The van der Waals surface area contributed by atoms with Crippen LogP contribution in [-0.4, -0.2) is 55.6 Å². The van der Waals surface area contributed by atoms with E-state index < -0.39 is 43.2 Å². The number of hydrogen-bond acceptors (Lipinski definition) is 4. The Hall–Kier alpha value is -1.35. The zero-order valence-electron chi connectivity index (χ0n) is 9.20. The van der Waals surface area contributed by atoms with Gasteiger partial charge in [0.15, 0.2) is 0 Å². The van der Waals surface area contributed by atoms with Crippen molar-refractivity contribution < 1.29 is 37.3 Å². The van der Waals surface area contributed by atoms with E-state index in [1.807, 2.05) is 0 Å². The summed E-state index contributed by atoms with van der Waals surface area (Å²) in [4.78, 5) is 21.9. The van der Waals surface area contributed by atoms with E-state index in [1.165, 1.54) is 0 Å². The smallest absolute Gasteiger partial charge is 0.411 e. The van der Waals surface area contributed by atoms with Crippen molar-refractivity contribution >= 4 is 11.9 Å². The Balaban J connectivity index is 2.29. The van der Waals surface area contributed by atoms with Crippen molar-refractivity contribution in [1.82, 2.24) is 5.32 Å². The van der Waals surface area contributed by atoms with E-state index in [0.29, 0.717) is 0 Å². The van der Waals surface area contributed by atoms with Crippen LogP contribution in [0.3, 0.4) is 0 Å². The molecule has 104 valence electrons. The van der Waals surface area contributed by atoms with Crippen LogP contribution >= 0.6 is 0 Å². The van der Waals surface area contributed by atoms with Gasteiger partial charge in [-0.1, -0.05) is 0 Å². The largest absolute Gasteiger partial charge is 0.481 e. The third-order valence-electron chi connectivity index (χ3n) is 2.24. The second kappa shape index (κ2) is 6.01. The molecule has 0 aromatic heterocycles. The molecule has 1 amide bonds. The first-order valence-electron chi connectivity index (χ1n) is 5.04. The van der Waals surface area contributed by atoms with E-state index in [9.17, 15) is 22.8 Å². The van der Waals surface area contributed by atoms with Gasteiger partial charge < -0.3 is 19.9 Å². The molecule has 0 aliphatic carbocycles. The van der Waals surface area contributed by atoms with E-state index in [0.717, 1.165) is 0 Å². The molecule has 0 radical (unpaired) electrons. The lowest BCUT2D eigenvalue weighted by molar-refractivity contribution is -0.175. The highest BCUT2D eigenvalue weighted by Crippen LogP contribution is 2.15. The molecule has 1 rings (SSSR count). The summed E-state index contributed by atoms with van der Waals surface area (Å²) in [5, 5.41) is 11.0. The number of alkyl halides is 3. The van der Waals surface area contributed by atoms with Crippen LogP contribution in [0.5, 0.6) is 0 Å². The van der Waals surface area contributed by atoms with Gasteiger partial charge in [-0.15, -0.1) is 0 Å². The lowest BCUT2D eigenvalue weighted by Gasteiger charge is -2.15. The summed E-state index contributed by atoms with van der Waals surface area (Å²) in [6, 6.07) is -0.746. The van der Waals surface area contributed by atoms with E-state index >= 15 is 0 Å². The van der Waals surface area contributed by atoms with Gasteiger partial charge in [0, 0.05) is 0 Å². The molecule has 1 heterocycles. The predicted octanol–water partition coefficient (Wildman–Crippen LogP) is -0.219. The van der Waals surface area contributed by atoms with E-state index in [1.54, 1.807) is 0 Å². The van der Waals surface area contributed by atoms with E-state index in [-0.39, 0.29) is 13.2 Å². The molecule has 18 heavy (non-hydrogen) atoms. The Morgan fingerprint density at radius 3 is 2.61 bits per heavy atom. The zero-order chi connectivity index (χ0) is 13.8. The van der Waals surface area contributed by atoms with Crippen molar-refractivity contribution in [2.24, 2.45) is 5.92 Å². The average Bonchev–Trinajstić information content (AvgIpc) is 2.63. The Morgan fingerprint density at radius 2 is 2.06 bits per heavy atom. The van der Waals surface area contributed by atoms with Crippen molar-refractivity contribution in [1.29, 1.82) is 0 Å². The second-order valence-corrected chi connectivity index (χ2v) is 3.76. The number of ether oxygens (including phenoxy) is 2. The van der Waals surface area contributed by atoms with Gasteiger partial charge in [0.05, 0.1) is 19.3 Å². The van der Waals surface area contributed by atoms with Gasteiger partial charge in [-0.2, -0.15) is 13.2 Å². The molecule has 9 heteroatoms. The average molecular weight is 271 g/mol. The molecule has 0 aromatic carbocycles. The molecule has 2 N–H and O–H groups in total. The summed E-state index contributed by atoms with van der Waals surface area (Å²) < 4.78 is 44.2. The minimum atomic E-state index is -4.50. The predicted molar refractivity (Wildman–Crippen MR) is 50.7 cm³/mol. The highest BCUT2D eigenvalue weighted by Gasteiger charge is 2.35. The SMILES string of the molecule is O=C(COCC(F)(F)F)NC1COCC1C(=O)O. The van der Waals surface area contributed by atoms with Crippen LogP contribution in [0.15, 0.2) is 0 Å². The number of carboxylic acid groups (broad SMARTS) is 1. The summed E-state index contributed by atoms with van der Waals surface area (Å²) in [7, 11) is 0. The minimum Gasteiger partial charge on any atom is -0.481 e. The van der Waals surface area contributed by atoms with Crippen molar-refractivity contribution in [3.05, 3.63) is 0 Å². The van der Waals surface area contributed by atoms with Crippen LogP contribution in [-0.2, 0) is 19.1 Å². The molecule has 2 atom stereocenters. The topological polar surface area (TPSA) is 84.9 Å². The van der Waals surface area contributed by atoms with Crippen LogP contribution < -0.4 is 5.32 Å². The van der Waals surface area contributed by atoms with Gasteiger partial charge in [-0.05, 0) is 0 Å². The number of carbonyl (C=O) groups excluding carboxylic acids is 1. The highest BCUT2D eigenvalue weighted by atomic mass is 19.4. The third-order valence-corrected chi connectivity index (χ3v) is 2.24. The normalized spacial score (nSPS) is 23.9. The monoisotopic (exact) mass is 271 g/mol. The first kappa shape index (κ1) is 14.7. The van der Waals surface area contributed by atoms with Crippen molar-refractivity contribution in [3.63, 3.8) is 0 Å². The fourth-order valence-corrected chi connectivity index (χ4v) is 1.45. The van der Waals surface area contributed by atoms with E-state index in [4.69, 9.17) is 9.84 Å². The molecule has 0 aromatic rings. The number of halogens is 3. The van der Waals surface area contributed by atoms with Gasteiger partial charge in [0.25, 0.3) is 0 Å². The number of amides is 1. The fraction of sp³-hybridized carbons (Fsp3) is 0.778. The molecule has 1 aliphatic heterocycles.